The van der Waals surface area contributed by atoms with Gasteiger partial charge in [-0.25, -0.2) is 4.39 Å². The van der Waals surface area contributed by atoms with Gasteiger partial charge in [-0.05, 0) is 31.2 Å². The number of nitrogens with zero attached hydrogens (tertiary/aromatic N) is 1. The van der Waals surface area contributed by atoms with Gasteiger partial charge >= 0.3 is 0 Å². The van der Waals surface area contributed by atoms with Crippen LogP contribution in [-0.4, -0.2) is 44.3 Å². The molecular weight excluding hydrogens is 231 g/mol. The SMILES string of the molecule is Cc1cc(CN(C)CC2CNCCO2)ccc1F. The van der Waals surface area contributed by atoms with Crippen LogP contribution in [0.2, 0.25) is 0 Å². The van der Waals surface area contributed by atoms with Crippen molar-refractivity contribution >= 4 is 0 Å². The van der Waals surface area contributed by atoms with E-state index in [1.54, 1.807) is 6.92 Å². The summed E-state index contributed by atoms with van der Waals surface area (Å²) in [6.07, 6.45) is 0.255. The topological polar surface area (TPSA) is 24.5 Å². The maximum Gasteiger partial charge on any atom is 0.126 e. The first-order valence-corrected chi connectivity index (χ1v) is 6.41. The molecule has 4 heteroatoms. The molecule has 1 heterocycles. The van der Waals surface area contributed by atoms with Crippen molar-refractivity contribution in [2.24, 2.45) is 0 Å². The smallest absolute Gasteiger partial charge is 0.126 e. The lowest BCUT2D eigenvalue weighted by Crippen LogP contribution is -2.44. The molecule has 0 bridgehead atoms. The Bertz CT molecular complexity index is 391. The molecule has 1 saturated heterocycles. The van der Waals surface area contributed by atoms with Crippen LogP contribution in [0.4, 0.5) is 4.39 Å². The predicted molar refractivity (Wildman–Crippen MR) is 70.1 cm³/mol. The quantitative estimate of drug-likeness (QED) is 0.880. The van der Waals surface area contributed by atoms with E-state index in [0.717, 1.165) is 38.3 Å². The van der Waals surface area contributed by atoms with E-state index in [9.17, 15) is 4.39 Å². The summed E-state index contributed by atoms with van der Waals surface area (Å²) < 4.78 is 18.8. The number of ether oxygens (including phenoxy) is 1. The molecule has 1 aromatic carbocycles. The summed E-state index contributed by atoms with van der Waals surface area (Å²) in [6, 6.07) is 5.29. The van der Waals surface area contributed by atoms with Crippen molar-refractivity contribution in [1.29, 1.82) is 0 Å². The van der Waals surface area contributed by atoms with Crippen molar-refractivity contribution in [2.45, 2.75) is 19.6 Å². The second kappa shape index (κ2) is 6.27. The Morgan fingerprint density at radius 1 is 1.50 bits per heavy atom. The number of halogens is 1. The maximum atomic E-state index is 13.2. The van der Waals surface area contributed by atoms with Gasteiger partial charge in [-0.15, -0.1) is 0 Å². The van der Waals surface area contributed by atoms with Crippen LogP contribution < -0.4 is 5.32 Å². The molecule has 0 spiro atoms. The van der Waals surface area contributed by atoms with Gasteiger partial charge < -0.3 is 10.1 Å². The predicted octanol–water partition coefficient (Wildman–Crippen LogP) is 1.55. The average Bonchev–Trinajstić information content (AvgIpc) is 2.35. The van der Waals surface area contributed by atoms with E-state index in [-0.39, 0.29) is 11.9 Å². The van der Waals surface area contributed by atoms with Gasteiger partial charge in [0.15, 0.2) is 0 Å². The van der Waals surface area contributed by atoms with Crippen LogP contribution in [-0.2, 0) is 11.3 Å². The van der Waals surface area contributed by atoms with E-state index >= 15 is 0 Å². The molecule has 0 saturated carbocycles. The highest BCUT2D eigenvalue weighted by Crippen LogP contribution is 2.11. The average molecular weight is 252 g/mol. The Kier molecular flexibility index (Phi) is 4.69. The van der Waals surface area contributed by atoms with E-state index in [0.29, 0.717) is 5.56 Å². The zero-order valence-corrected chi connectivity index (χ0v) is 11.1. The molecule has 3 nitrogen and oxygen atoms in total. The molecule has 1 aromatic rings. The van der Waals surface area contributed by atoms with Crippen LogP contribution in [0, 0.1) is 12.7 Å². The molecule has 1 unspecified atom stereocenters. The summed E-state index contributed by atoms with van der Waals surface area (Å²) in [4.78, 5) is 2.21. The first-order valence-electron chi connectivity index (χ1n) is 6.41. The molecule has 2 rings (SSSR count). The summed E-state index contributed by atoms with van der Waals surface area (Å²) in [7, 11) is 2.07. The number of hydrogen-bond donors (Lipinski definition) is 1. The molecule has 100 valence electrons. The van der Waals surface area contributed by atoms with Gasteiger partial charge in [0.1, 0.15) is 5.82 Å². The fourth-order valence-electron chi connectivity index (χ4n) is 2.27. The normalized spacial score (nSPS) is 20.3. The monoisotopic (exact) mass is 252 g/mol. The summed E-state index contributed by atoms with van der Waals surface area (Å²) in [5.74, 6) is -0.138. The summed E-state index contributed by atoms with van der Waals surface area (Å²) in [5, 5.41) is 3.32. The third kappa shape index (κ3) is 3.77. The van der Waals surface area contributed by atoms with Gasteiger partial charge in [-0.1, -0.05) is 12.1 Å². The van der Waals surface area contributed by atoms with Crippen molar-refractivity contribution < 1.29 is 9.13 Å². The second-order valence-electron chi connectivity index (χ2n) is 4.98. The molecule has 1 aliphatic heterocycles. The van der Waals surface area contributed by atoms with Crippen LogP contribution in [0.5, 0.6) is 0 Å². The number of morpholine rings is 1. The first-order chi connectivity index (χ1) is 8.65. The lowest BCUT2D eigenvalue weighted by Gasteiger charge is -2.28. The number of rotatable bonds is 4. The van der Waals surface area contributed by atoms with Gasteiger partial charge in [0.05, 0.1) is 12.7 Å². The van der Waals surface area contributed by atoms with Gasteiger partial charge in [-0.2, -0.15) is 0 Å². The van der Waals surface area contributed by atoms with E-state index in [4.69, 9.17) is 4.74 Å². The Hall–Kier alpha value is -0.970. The lowest BCUT2D eigenvalue weighted by molar-refractivity contribution is 0.00884. The summed E-state index contributed by atoms with van der Waals surface area (Å²) >= 11 is 0. The summed E-state index contributed by atoms with van der Waals surface area (Å²) in [6.45, 7) is 6.15. The fourth-order valence-corrected chi connectivity index (χ4v) is 2.27. The maximum absolute atomic E-state index is 13.2. The van der Waals surface area contributed by atoms with Crippen molar-refractivity contribution in [3.8, 4) is 0 Å². The largest absolute Gasteiger partial charge is 0.374 e. The Balaban J connectivity index is 1.85. The van der Waals surface area contributed by atoms with Gasteiger partial charge in [0.25, 0.3) is 0 Å². The van der Waals surface area contributed by atoms with Gasteiger partial charge in [0.2, 0.25) is 0 Å². The van der Waals surface area contributed by atoms with Crippen LogP contribution in [0.25, 0.3) is 0 Å². The Labute approximate surface area is 108 Å². The van der Waals surface area contributed by atoms with Gasteiger partial charge in [-0.3, -0.25) is 4.90 Å². The first kappa shape index (κ1) is 13.5. The molecule has 18 heavy (non-hydrogen) atoms. The number of likely N-dealkylation sites (N-methyl/N-ethyl adjacent to an activating group) is 1. The number of hydrogen-bond acceptors (Lipinski definition) is 3. The van der Waals surface area contributed by atoms with Crippen molar-refractivity contribution in [2.75, 3.05) is 33.3 Å². The Morgan fingerprint density at radius 2 is 2.33 bits per heavy atom. The fraction of sp³-hybridized carbons (Fsp3) is 0.571. The summed E-state index contributed by atoms with van der Waals surface area (Å²) in [5.41, 5.74) is 1.84. The van der Waals surface area contributed by atoms with Crippen LogP contribution in [0.3, 0.4) is 0 Å². The highest BCUT2D eigenvalue weighted by Gasteiger charge is 2.15. The standard InChI is InChI=1S/C14H21FN2O/c1-11-7-12(3-4-14(11)15)9-17(2)10-13-8-16-5-6-18-13/h3-4,7,13,16H,5-6,8-10H2,1-2H3. The molecule has 0 radical (unpaired) electrons. The molecule has 1 aliphatic rings. The van der Waals surface area contributed by atoms with E-state index in [1.807, 2.05) is 12.1 Å². The minimum Gasteiger partial charge on any atom is -0.374 e. The van der Waals surface area contributed by atoms with E-state index in [2.05, 4.69) is 17.3 Å². The Morgan fingerprint density at radius 3 is 3.00 bits per heavy atom. The van der Waals surface area contributed by atoms with Crippen molar-refractivity contribution in [1.82, 2.24) is 10.2 Å². The van der Waals surface area contributed by atoms with Crippen LogP contribution in [0.1, 0.15) is 11.1 Å². The highest BCUT2D eigenvalue weighted by molar-refractivity contribution is 5.23. The number of aryl methyl sites for hydroxylation is 1. The van der Waals surface area contributed by atoms with E-state index < -0.39 is 0 Å². The zero-order valence-electron chi connectivity index (χ0n) is 11.1. The highest BCUT2D eigenvalue weighted by atomic mass is 19.1. The molecule has 0 aromatic heterocycles. The zero-order chi connectivity index (χ0) is 13.0. The third-order valence-corrected chi connectivity index (χ3v) is 3.19. The minimum atomic E-state index is -0.138. The molecule has 1 N–H and O–H groups in total. The molecule has 0 aliphatic carbocycles. The molecule has 1 fully saturated rings. The number of benzene rings is 1. The van der Waals surface area contributed by atoms with Crippen molar-refractivity contribution in [3.05, 3.63) is 35.1 Å². The third-order valence-electron chi connectivity index (χ3n) is 3.19. The minimum absolute atomic E-state index is 0.138. The lowest BCUT2D eigenvalue weighted by atomic mass is 10.1. The van der Waals surface area contributed by atoms with Crippen LogP contribution in [0.15, 0.2) is 18.2 Å². The molecule has 1 atom stereocenters. The van der Waals surface area contributed by atoms with E-state index in [1.165, 1.54) is 6.07 Å². The molecule has 0 amide bonds. The van der Waals surface area contributed by atoms with Crippen LogP contribution >= 0.6 is 0 Å². The van der Waals surface area contributed by atoms with Gasteiger partial charge in [0, 0.05) is 26.2 Å². The number of nitrogens with one attached hydrogen (secondary N) is 1. The molecular formula is C14H21FN2O. The second-order valence-corrected chi connectivity index (χ2v) is 4.98. The van der Waals surface area contributed by atoms with Crippen molar-refractivity contribution in [3.63, 3.8) is 0 Å².